The molecule has 0 fully saturated rings. The van der Waals surface area contributed by atoms with Gasteiger partial charge in [0.25, 0.3) is 0 Å². The molecule has 0 spiro atoms. The van der Waals surface area contributed by atoms with Crippen LogP contribution in [-0.4, -0.2) is 4.57 Å². The lowest BCUT2D eigenvalue weighted by Gasteiger charge is -2.26. The Bertz CT molecular complexity index is 3130. The van der Waals surface area contributed by atoms with Gasteiger partial charge in [-0.3, -0.25) is 0 Å². The summed E-state index contributed by atoms with van der Waals surface area (Å²) in [6, 6.07) is 79.6. The minimum absolute atomic E-state index is 0.133. The van der Waals surface area contributed by atoms with Crippen LogP contribution in [-0.2, 0) is 5.41 Å². The highest BCUT2D eigenvalue weighted by atomic mass is 15.1. The van der Waals surface area contributed by atoms with Gasteiger partial charge >= 0.3 is 0 Å². The van der Waals surface area contributed by atoms with E-state index in [0.717, 1.165) is 17.1 Å². The maximum Gasteiger partial charge on any atom is 0.0584 e. The molecule has 2 heteroatoms. The summed E-state index contributed by atoms with van der Waals surface area (Å²) in [5, 5.41) is 3.82. The predicted octanol–water partition coefficient (Wildman–Crippen LogP) is 15.6. The third-order valence-corrected chi connectivity index (χ3v) is 12.4. The Morgan fingerprint density at radius 1 is 0.390 bits per heavy atom. The van der Waals surface area contributed by atoms with Crippen molar-refractivity contribution in [1.29, 1.82) is 0 Å². The number of benzene rings is 9. The Kier molecular flexibility index (Phi) is 8.20. The average molecular weight is 755 g/mol. The van der Waals surface area contributed by atoms with E-state index in [4.69, 9.17) is 0 Å². The van der Waals surface area contributed by atoms with E-state index in [1.54, 1.807) is 0 Å². The molecule has 280 valence electrons. The summed E-state index contributed by atoms with van der Waals surface area (Å²) >= 11 is 0. The largest absolute Gasteiger partial charge is 0.311 e. The van der Waals surface area contributed by atoms with E-state index in [9.17, 15) is 0 Å². The summed E-state index contributed by atoms with van der Waals surface area (Å²) < 4.78 is 2.47. The van der Waals surface area contributed by atoms with Crippen LogP contribution in [0.15, 0.2) is 218 Å². The normalized spacial score (nSPS) is 12.7. The third-order valence-electron chi connectivity index (χ3n) is 12.4. The van der Waals surface area contributed by atoms with E-state index in [2.05, 4.69) is 242 Å². The molecule has 1 aliphatic rings. The van der Waals surface area contributed by atoms with E-state index in [1.807, 2.05) is 0 Å². The molecule has 11 rings (SSSR count). The highest BCUT2D eigenvalue weighted by Gasteiger charge is 2.40. The minimum Gasteiger partial charge on any atom is -0.311 e. The monoisotopic (exact) mass is 754 g/mol. The number of anilines is 3. The SMILES string of the molecule is CC1(C)c2ccccc2-c2c1c1cc(-c3ccc(N(c4ccc(-c5ccccc5)cc4)c4ccc(-c5cccc6ccccc56)cc4)cc3)ccc1n2-c1ccccc1. The van der Waals surface area contributed by atoms with Gasteiger partial charge in [-0.15, -0.1) is 0 Å². The van der Waals surface area contributed by atoms with Gasteiger partial charge in [-0.1, -0.05) is 172 Å². The Hall–Kier alpha value is -7.42. The number of rotatable bonds is 7. The van der Waals surface area contributed by atoms with Crippen LogP contribution in [0, 0.1) is 0 Å². The van der Waals surface area contributed by atoms with E-state index in [0.29, 0.717) is 0 Å². The van der Waals surface area contributed by atoms with Gasteiger partial charge in [0.1, 0.15) is 0 Å². The van der Waals surface area contributed by atoms with Crippen LogP contribution in [0.5, 0.6) is 0 Å². The van der Waals surface area contributed by atoms with Gasteiger partial charge in [0.05, 0.1) is 11.2 Å². The van der Waals surface area contributed by atoms with Crippen LogP contribution < -0.4 is 4.90 Å². The smallest absolute Gasteiger partial charge is 0.0584 e. The van der Waals surface area contributed by atoms with Gasteiger partial charge in [0, 0.05) is 39.1 Å². The molecule has 59 heavy (non-hydrogen) atoms. The van der Waals surface area contributed by atoms with Crippen molar-refractivity contribution in [2.24, 2.45) is 0 Å². The van der Waals surface area contributed by atoms with Crippen LogP contribution in [0.3, 0.4) is 0 Å². The molecule has 0 saturated heterocycles. The molecule has 0 N–H and O–H groups in total. The van der Waals surface area contributed by atoms with Gasteiger partial charge in [0.15, 0.2) is 0 Å². The van der Waals surface area contributed by atoms with Crippen LogP contribution in [0.1, 0.15) is 25.0 Å². The van der Waals surface area contributed by atoms with Crippen LogP contribution in [0.2, 0.25) is 0 Å². The van der Waals surface area contributed by atoms with Gasteiger partial charge in [-0.05, 0) is 116 Å². The number of nitrogens with zero attached hydrogens (tertiary/aromatic N) is 2. The summed E-state index contributed by atoms with van der Waals surface area (Å²) in [6.45, 7) is 4.76. The molecule has 0 radical (unpaired) electrons. The summed E-state index contributed by atoms with van der Waals surface area (Å²) in [5.41, 5.74) is 18.3. The molecule has 0 bridgehead atoms. The molecule has 1 aromatic heterocycles. The van der Waals surface area contributed by atoms with E-state index >= 15 is 0 Å². The van der Waals surface area contributed by atoms with Crippen molar-refractivity contribution in [2.45, 2.75) is 19.3 Å². The number of hydrogen-bond donors (Lipinski definition) is 0. The fourth-order valence-electron chi connectivity index (χ4n) is 9.52. The van der Waals surface area contributed by atoms with Crippen LogP contribution in [0.25, 0.3) is 72.0 Å². The maximum absolute atomic E-state index is 2.47. The highest BCUT2D eigenvalue weighted by Crippen LogP contribution is 2.54. The average Bonchev–Trinajstić information content (AvgIpc) is 3.77. The summed E-state index contributed by atoms with van der Waals surface area (Å²) in [4.78, 5) is 2.36. The first-order valence-electron chi connectivity index (χ1n) is 20.5. The molecule has 0 amide bonds. The van der Waals surface area contributed by atoms with Gasteiger partial charge in [-0.25, -0.2) is 0 Å². The van der Waals surface area contributed by atoms with Crippen molar-refractivity contribution in [3.63, 3.8) is 0 Å². The third kappa shape index (κ3) is 5.79. The van der Waals surface area contributed by atoms with Crippen LogP contribution in [0.4, 0.5) is 17.1 Å². The minimum atomic E-state index is -0.133. The molecule has 2 nitrogen and oxygen atoms in total. The lowest BCUT2D eigenvalue weighted by molar-refractivity contribution is 0.666. The molecular formula is C57H42N2. The molecular weight excluding hydrogens is 713 g/mol. The molecule has 1 heterocycles. The van der Waals surface area contributed by atoms with Crippen molar-refractivity contribution in [3.05, 3.63) is 230 Å². The first kappa shape index (κ1) is 34.8. The molecule has 0 aliphatic heterocycles. The Balaban J connectivity index is 1.00. The second kappa shape index (κ2) is 13.9. The van der Waals surface area contributed by atoms with Crippen molar-refractivity contribution in [3.8, 4) is 50.3 Å². The molecule has 0 unspecified atom stereocenters. The zero-order chi connectivity index (χ0) is 39.5. The molecule has 9 aromatic carbocycles. The number of para-hydroxylation sites is 1. The fourth-order valence-corrected chi connectivity index (χ4v) is 9.52. The second-order valence-electron chi connectivity index (χ2n) is 16.2. The van der Waals surface area contributed by atoms with Crippen LogP contribution >= 0.6 is 0 Å². The number of fused-ring (bicyclic) bond motifs is 6. The van der Waals surface area contributed by atoms with E-state index in [-0.39, 0.29) is 5.41 Å². The van der Waals surface area contributed by atoms with Gasteiger partial charge in [-0.2, -0.15) is 0 Å². The molecule has 1 aliphatic carbocycles. The van der Waals surface area contributed by atoms with Crippen molar-refractivity contribution in [2.75, 3.05) is 4.90 Å². The highest BCUT2D eigenvalue weighted by molar-refractivity contribution is 6.01. The summed E-state index contributed by atoms with van der Waals surface area (Å²) in [5.74, 6) is 0. The second-order valence-corrected chi connectivity index (χ2v) is 16.2. The van der Waals surface area contributed by atoms with Crippen molar-refractivity contribution in [1.82, 2.24) is 4.57 Å². The number of hydrogen-bond acceptors (Lipinski definition) is 1. The van der Waals surface area contributed by atoms with E-state index in [1.165, 1.54) is 83.1 Å². The Morgan fingerprint density at radius 3 is 1.59 bits per heavy atom. The summed E-state index contributed by atoms with van der Waals surface area (Å²) in [7, 11) is 0. The van der Waals surface area contributed by atoms with E-state index < -0.39 is 0 Å². The topological polar surface area (TPSA) is 8.17 Å². The predicted molar refractivity (Wildman–Crippen MR) is 249 cm³/mol. The quantitative estimate of drug-likeness (QED) is 0.157. The Morgan fingerprint density at radius 2 is 0.898 bits per heavy atom. The fraction of sp³-hybridized carbons (Fsp3) is 0.0526. The summed E-state index contributed by atoms with van der Waals surface area (Å²) in [6.07, 6.45) is 0. The molecule has 0 atom stereocenters. The zero-order valence-electron chi connectivity index (χ0n) is 33.2. The van der Waals surface area contributed by atoms with Gasteiger partial charge in [0.2, 0.25) is 0 Å². The maximum atomic E-state index is 2.47. The lowest BCUT2D eigenvalue weighted by atomic mass is 9.81. The lowest BCUT2D eigenvalue weighted by Crippen LogP contribution is -2.14. The Labute approximate surface area is 345 Å². The van der Waals surface area contributed by atoms with Gasteiger partial charge < -0.3 is 9.47 Å². The molecule has 10 aromatic rings. The first-order chi connectivity index (χ1) is 29.0. The van der Waals surface area contributed by atoms with Crippen molar-refractivity contribution >= 4 is 38.7 Å². The number of aromatic nitrogens is 1. The standard InChI is InChI=1S/C57H42N2/c1-57(2)53-23-12-11-21-51(53)56-55(57)52-38-44(30-37-54(52)59(56)45-18-7-4-8-19-45)41-26-33-47(34-27-41)58(46-31-24-40(25-32-46)39-14-5-3-6-15-39)48-35-28-43(29-36-48)50-22-13-17-42-16-9-10-20-49(42)50/h3-38H,1-2H3. The molecule has 0 saturated carbocycles. The zero-order valence-corrected chi connectivity index (χ0v) is 33.2. The first-order valence-corrected chi connectivity index (χ1v) is 20.5. The van der Waals surface area contributed by atoms with Crippen molar-refractivity contribution < 1.29 is 0 Å².